The summed E-state index contributed by atoms with van der Waals surface area (Å²) in [4.78, 5) is 13.2. The van der Waals surface area contributed by atoms with Crippen molar-refractivity contribution < 1.29 is 5.11 Å². The molecule has 140 valence electrons. The first-order valence-electron chi connectivity index (χ1n) is 8.57. The van der Waals surface area contributed by atoms with E-state index in [1.807, 2.05) is 17.6 Å². The number of fused-ring (bicyclic) bond motifs is 2. The zero-order chi connectivity index (χ0) is 18.9. The summed E-state index contributed by atoms with van der Waals surface area (Å²) in [6.45, 7) is 1.01. The summed E-state index contributed by atoms with van der Waals surface area (Å²) >= 11 is 1.61. The maximum absolute atomic E-state index is 8.99. The van der Waals surface area contributed by atoms with Gasteiger partial charge in [-0.05, 0) is 17.7 Å². The summed E-state index contributed by atoms with van der Waals surface area (Å²) in [7, 11) is 0. The molecule has 0 unspecified atom stereocenters. The maximum Gasteiger partial charge on any atom is 0.221 e. The van der Waals surface area contributed by atoms with Gasteiger partial charge in [-0.2, -0.15) is 5.10 Å². The predicted octanol–water partition coefficient (Wildman–Crippen LogP) is 1.81. The van der Waals surface area contributed by atoms with Gasteiger partial charge < -0.3 is 10.4 Å². The summed E-state index contributed by atoms with van der Waals surface area (Å²) < 4.78 is 4.51. The number of nitrogens with one attached hydrogen (secondary N) is 1. The number of hydrogen-bond acceptors (Lipinski definition) is 9. The van der Waals surface area contributed by atoms with E-state index in [-0.39, 0.29) is 6.61 Å². The van der Waals surface area contributed by atoms with E-state index >= 15 is 0 Å². The number of anilines is 2. The third-order valence-electron chi connectivity index (χ3n) is 4.19. The molecule has 0 aliphatic carbocycles. The molecule has 0 saturated carbocycles. The van der Waals surface area contributed by atoms with Crippen LogP contribution in [0.1, 0.15) is 5.56 Å². The van der Waals surface area contributed by atoms with Gasteiger partial charge in [-0.3, -0.25) is 4.68 Å². The number of thiazole rings is 1. The third-order valence-corrected chi connectivity index (χ3v) is 4.98. The molecule has 11 heteroatoms. The van der Waals surface area contributed by atoms with Gasteiger partial charge in [-0.15, -0.1) is 16.4 Å². The second kappa shape index (κ2) is 6.94. The lowest BCUT2D eigenvalue weighted by molar-refractivity contribution is 0.269. The topological polar surface area (TPSA) is 119 Å². The largest absolute Gasteiger partial charge is 0.394 e. The number of nitrogens with zero attached hydrogens (tertiary/aromatic N) is 8. The van der Waals surface area contributed by atoms with Crippen molar-refractivity contribution in [3.05, 3.63) is 47.9 Å². The average molecular weight is 393 g/mol. The Morgan fingerprint density at radius 2 is 2.14 bits per heavy atom. The number of aliphatic hydroxyl groups excluding tert-OH is 1. The normalized spacial score (nSPS) is 11.5. The van der Waals surface area contributed by atoms with Gasteiger partial charge in [0.25, 0.3) is 0 Å². The van der Waals surface area contributed by atoms with Gasteiger partial charge in [-0.25, -0.2) is 19.6 Å². The van der Waals surface area contributed by atoms with Crippen LogP contribution in [0.5, 0.6) is 0 Å². The molecule has 2 N–H and O–H groups in total. The second-order valence-corrected chi connectivity index (χ2v) is 7.03. The molecule has 0 saturated heterocycles. The summed E-state index contributed by atoms with van der Waals surface area (Å²) in [5.74, 6) is 0.567. The molecule has 1 aromatic carbocycles. The molecule has 4 heterocycles. The molecular weight excluding hydrogens is 378 g/mol. The lowest BCUT2D eigenvalue weighted by atomic mass is 10.2. The number of aromatic nitrogens is 8. The van der Waals surface area contributed by atoms with E-state index in [2.05, 4.69) is 41.7 Å². The van der Waals surface area contributed by atoms with Crippen LogP contribution in [0.2, 0.25) is 0 Å². The van der Waals surface area contributed by atoms with Gasteiger partial charge in [0.1, 0.15) is 0 Å². The highest BCUT2D eigenvalue weighted by molar-refractivity contribution is 7.16. The van der Waals surface area contributed by atoms with Crippen LogP contribution in [0, 0.1) is 0 Å². The fourth-order valence-corrected chi connectivity index (χ4v) is 3.63. The van der Waals surface area contributed by atoms with Crippen molar-refractivity contribution in [3.63, 3.8) is 0 Å². The molecule has 28 heavy (non-hydrogen) atoms. The summed E-state index contributed by atoms with van der Waals surface area (Å²) in [5.41, 5.74) is 5.76. The molecule has 0 aliphatic rings. The Morgan fingerprint density at radius 1 is 1.18 bits per heavy atom. The summed E-state index contributed by atoms with van der Waals surface area (Å²) in [6, 6.07) is 6.13. The molecule has 0 amide bonds. The van der Waals surface area contributed by atoms with Crippen molar-refractivity contribution >= 4 is 44.4 Å². The van der Waals surface area contributed by atoms with Crippen LogP contribution in [0.25, 0.3) is 21.5 Å². The van der Waals surface area contributed by atoms with Crippen LogP contribution >= 0.6 is 11.3 Å². The van der Waals surface area contributed by atoms with E-state index in [9.17, 15) is 0 Å². The summed E-state index contributed by atoms with van der Waals surface area (Å²) in [5, 5.41) is 24.6. The first kappa shape index (κ1) is 16.7. The molecule has 0 bridgehead atoms. The predicted molar refractivity (Wildman–Crippen MR) is 104 cm³/mol. The highest BCUT2D eigenvalue weighted by Gasteiger charge is 2.11. The quantitative estimate of drug-likeness (QED) is 0.448. The molecule has 0 spiro atoms. The summed E-state index contributed by atoms with van der Waals surface area (Å²) in [6.07, 6.45) is 5.07. The number of hydrogen-bond donors (Lipinski definition) is 2. The first-order chi connectivity index (χ1) is 13.8. The van der Waals surface area contributed by atoms with E-state index in [0.717, 1.165) is 21.5 Å². The second-order valence-electron chi connectivity index (χ2n) is 6.14. The minimum absolute atomic E-state index is 0.0328. The van der Waals surface area contributed by atoms with Crippen LogP contribution in [0.3, 0.4) is 0 Å². The molecular formula is C17H15N9OS. The highest BCUT2D eigenvalue weighted by atomic mass is 32.1. The van der Waals surface area contributed by atoms with E-state index in [1.165, 1.54) is 0 Å². The van der Waals surface area contributed by atoms with E-state index in [1.54, 1.807) is 39.3 Å². The van der Waals surface area contributed by atoms with Crippen LogP contribution < -0.4 is 5.32 Å². The molecule has 0 aliphatic heterocycles. The first-order valence-corrected chi connectivity index (χ1v) is 9.45. The Kier molecular flexibility index (Phi) is 4.14. The minimum Gasteiger partial charge on any atom is -0.394 e. The molecule has 0 atom stereocenters. The van der Waals surface area contributed by atoms with Crippen molar-refractivity contribution in [2.24, 2.45) is 0 Å². The van der Waals surface area contributed by atoms with E-state index in [0.29, 0.717) is 30.2 Å². The maximum atomic E-state index is 8.99. The fraction of sp³-hybridized carbons (Fsp3) is 0.176. The Balaban J connectivity index is 1.42. The highest BCUT2D eigenvalue weighted by Crippen LogP contribution is 2.21. The molecule has 5 rings (SSSR count). The van der Waals surface area contributed by atoms with Crippen molar-refractivity contribution in [1.82, 2.24) is 39.7 Å². The lowest BCUT2D eigenvalue weighted by Gasteiger charge is -2.04. The van der Waals surface area contributed by atoms with Gasteiger partial charge >= 0.3 is 0 Å². The molecule has 5 aromatic rings. The van der Waals surface area contributed by atoms with Gasteiger partial charge in [0.15, 0.2) is 11.5 Å². The van der Waals surface area contributed by atoms with Gasteiger partial charge in [0.2, 0.25) is 5.65 Å². The van der Waals surface area contributed by atoms with Crippen LogP contribution in [-0.4, -0.2) is 51.4 Å². The zero-order valence-corrected chi connectivity index (χ0v) is 15.4. The van der Waals surface area contributed by atoms with Crippen LogP contribution in [0.15, 0.2) is 42.3 Å². The fourth-order valence-electron chi connectivity index (χ4n) is 2.89. The molecule has 10 nitrogen and oxygen atoms in total. The Labute approximate surface area is 162 Å². The number of rotatable bonds is 6. The smallest absolute Gasteiger partial charge is 0.221 e. The SMILES string of the molecule is OCCn1cc(Nc2cnc3nnn(Cc4ccc5ncsc5c4)c3n2)cn1. The Bertz CT molecular complexity index is 1260. The standard InChI is InChI=1S/C17H15N9OS/c27-4-3-25-9-12(6-20-25)21-15-7-18-16-17(22-15)26(24-23-16)8-11-1-2-13-14(5-11)28-10-19-13/h1-2,5-7,9-10,27H,3-4,8H2,(H,21,22). The van der Waals surface area contributed by atoms with Crippen molar-refractivity contribution in [2.75, 3.05) is 11.9 Å². The van der Waals surface area contributed by atoms with Crippen molar-refractivity contribution in [2.45, 2.75) is 13.1 Å². The van der Waals surface area contributed by atoms with Gasteiger partial charge in [0.05, 0.1) is 53.5 Å². The average Bonchev–Trinajstić information content (AvgIpc) is 3.43. The zero-order valence-electron chi connectivity index (χ0n) is 14.6. The van der Waals surface area contributed by atoms with Crippen LogP contribution in [0.4, 0.5) is 11.5 Å². The molecule has 0 radical (unpaired) electrons. The third kappa shape index (κ3) is 3.17. The van der Waals surface area contributed by atoms with Gasteiger partial charge in [0, 0.05) is 6.20 Å². The van der Waals surface area contributed by atoms with E-state index < -0.39 is 0 Å². The number of aliphatic hydroxyl groups is 1. The number of benzene rings is 1. The molecule has 0 fully saturated rings. The van der Waals surface area contributed by atoms with Crippen molar-refractivity contribution in [1.29, 1.82) is 0 Å². The van der Waals surface area contributed by atoms with E-state index in [4.69, 9.17) is 5.11 Å². The van der Waals surface area contributed by atoms with Crippen LogP contribution in [-0.2, 0) is 13.1 Å². The minimum atomic E-state index is 0.0328. The monoisotopic (exact) mass is 393 g/mol. The van der Waals surface area contributed by atoms with Gasteiger partial charge in [-0.1, -0.05) is 11.3 Å². The molecule has 4 aromatic heterocycles. The lowest BCUT2D eigenvalue weighted by Crippen LogP contribution is -2.04. The Morgan fingerprint density at radius 3 is 3.07 bits per heavy atom. The Hall–Kier alpha value is -3.44. The van der Waals surface area contributed by atoms with Crippen molar-refractivity contribution in [3.8, 4) is 0 Å².